The van der Waals surface area contributed by atoms with Gasteiger partial charge in [0.2, 0.25) is 17.9 Å². The minimum Gasteiger partial charge on any atom is -0.454 e. The van der Waals surface area contributed by atoms with Gasteiger partial charge in [-0.15, -0.1) is 0 Å². The maximum Gasteiger partial charge on any atom is 0.325 e. The van der Waals surface area contributed by atoms with Crippen molar-refractivity contribution in [2.24, 2.45) is 0 Å². The van der Waals surface area contributed by atoms with Crippen molar-refractivity contribution in [2.75, 3.05) is 17.4 Å². The second kappa shape index (κ2) is 8.31. The summed E-state index contributed by atoms with van der Waals surface area (Å²) in [6.07, 6.45) is 0.458. The average Bonchev–Trinajstić information content (AvgIpc) is 3.26. The summed E-state index contributed by atoms with van der Waals surface area (Å²) < 4.78 is 12.7. The largest absolute Gasteiger partial charge is 0.454 e. The number of fused-ring (bicyclic) bond motifs is 4. The summed E-state index contributed by atoms with van der Waals surface area (Å²) in [7, 11) is 0. The second-order valence-electron chi connectivity index (χ2n) is 7.50. The van der Waals surface area contributed by atoms with Gasteiger partial charge in [0.15, 0.2) is 11.5 Å². The van der Waals surface area contributed by atoms with E-state index >= 15 is 0 Å². The monoisotopic (exact) mass is 451 g/mol. The SMILES string of the molecule is CCCC(=O)N1c2ccccc2-c2c(=O)[nH]c(SCC)n[n+]2[C@@H]1c1ccc2c(c1)OCO2. The number of nitrogens with one attached hydrogen (secondary N) is 1. The molecule has 9 heteroatoms. The number of carbonyl (C=O) groups is 1. The average molecular weight is 452 g/mol. The van der Waals surface area contributed by atoms with E-state index in [1.165, 1.54) is 11.8 Å². The van der Waals surface area contributed by atoms with E-state index in [9.17, 15) is 9.59 Å². The summed E-state index contributed by atoms with van der Waals surface area (Å²) in [4.78, 5) is 31.3. The number of hydrogen-bond acceptors (Lipinski definition) is 6. The predicted octanol–water partition coefficient (Wildman–Crippen LogP) is 3.26. The van der Waals surface area contributed by atoms with Gasteiger partial charge in [-0.1, -0.05) is 37.7 Å². The van der Waals surface area contributed by atoms with Crippen molar-refractivity contribution in [3.8, 4) is 22.8 Å². The van der Waals surface area contributed by atoms with Crippen LogP contribution < -0.4 is 24.6 Å². The lowest BCUT2D eigenvalue weighted by Gasteiger charge is -2.32. The van der Waals surface area contributed by atoms with Crippen LogP contribution in [-0.4, -0.2) is 28.5 Å². The summed E-state index contributed by atoms with van der Waals surface area (Å²) >= 11 is 1.45. The fourth-order valence-electron chi connectivity index (χ4n) is 4.15. The number of ether oxygens (including phenoxy) is 2. The van der Waals surface area contributed by atoms with Crippen molar-refractivity contribution in [3.05, 3.63) is 58.4 Å². The fourth-order valence-corrected chi connectivity index (χ4v) is 4.74. The van der Waals surface area contributed by atoms with Gasteiger partial charge >= 0.3 is 11.3 Å². The molecule has 0 bridgehead atoms. The number of rotatable bonds is 5. The molecule has 0 unspecified atom stereocenters. The first-order valence-corrected chi connectivity index (χ1v) is 11.6. The number of H-pyrrole nitrogens is 1. The van der Waals surface area contributed by atoms with Crippen LogP contribution in [0.15, 0.2) is 52.4 Å². The fraction of sp³-hybridized carbons (Fsp3) is 0.304. The number of anilines is 1. The third-order valence-electron chi connectivity index (χ3n) is 5.47. The van der Waals surface area contributed by atoms with Crippen molar-refractivity contribution < 1.29 is 19.0 Å². The van der Waals surface area contributed by atoms with E-state index in [0.717, 1.165) is 11.3 Å². The first kappa shape index (κ1) is 20.6. The van der Waals surface area contributed by atoms with Gasteiger partial charge in [-0.05, 0) is 47.2 Å². The Labute approximate surface area is 189 Å². The number of aromatic amines is 1. The van der Waals surface area contributed by atoms with Crippen LogP contribution in [0, 0.1) is 0 Å². The van der Waals surface area contributed by atoms with Crippen molar-refractivity contribution in [2.45, 2.75) is 38.0 Å². The van der Waals surface area contributed by atoms with E-state index in [2.05, 4.69) is 4.98 Å². The standard InChI is InChI=1S/C23H22N4O4S/c1-3-7-19(28)26-16-9-6-5-8-15(16)20-21(29)24-23(32-4-2)25-27(20)22(26)14-10-11-17-18(12-14)31-13-30-17/h5-6,8-12,22H,3-4,7,13H2,1-2H3/p+1/t22-/m1/s1. The Hall–Kier alpha value is -3.33. The van der Waals surface area contributed by atoms with Crippen LogP contribution in [-0.2, 0) is 4.79 Å². The zero-order valence-electron chi connectivity index (χ0n) is 17.8. The van der Waals surface area contributed by atoms with E-state index in [1.54, 1.807) is 9.58 Å². The van der Waals surface area contributed by atoms with Gasteiger partial charge in [-0.3, -0.25) is 14.6 Å². The molecule has 1 atom stereocenters. The molecule has 5 rings (SSSR count). The van der Waals surface area contributed by atoms with Crippen molar-refractivity contribution in [1.29, 1.82) is 0 Å². The molecule has 2 aliphatic rings. The number of thioether (sulfide) groups is 1. The summed E-state index contributed by atoms with van der Waals surface area (Å²) in [5.41, 5.74) is 2.33. The molecule has 2 aromatic carbocycles. The van der Waals surface area contributed by atoms with Crippen LogP contribution in [0.2, 0.25) is 0 Å². The molecule has 1 aromatic heterocycles. The zero-order chi connectivity index (χ0) is 22.2. The molecule has 1 amide bonds. The Bertz CT molecular complexity index is 1260. The number of carbonyl (C=O) groups excluding carboxylic acids is 1. The number of hydrogen-bond donors (Lipinski definition) is 1. The Kier molecular flexibility index (Phi) is 5.34. The van der Waals surface area contributed by atoms with Crippen molar-refractivity contribution >= 4 is 23.4 Å². The molecule has 3 heterocycles. The van der Waals surface area contributed by atoms with Gasteiger partial charge in [0, 0.05) is 17.1 Å². The van der Waals surface area contributed by atoms with Gasteiger partial charge < -0.3 is 9.47 Å². The Morgan fingerprint density at radius 1 is 1.22 bits per heavy atom. The highest BCUT2D eigenvalue weighted by atomic mass is 32.2. The third kappa shape index (κ3) is 3.33. The van der Waals surface area contributed by atoms with E-state index in [-0.39, 0.29) is 18.3 Å². The van der Waals surface area contributed by atoms with Crippen LogP contribution >= 0.6 is 11.8 Å². The highest BCUT2D eigenvalue weighted by Gasteiger charge is 2.45. The Morgan fingerprint density at radius 2 is 2.03 bits per heavy atom. The zero-order valence-corrected chi connectivity index (χ0v) is 18.6. The number of nitrogens with zero attached hydrogens (tertiary/aromatic N) is 3. The van der Waals surface area contributed by atoms with Crippen LogP contribution in [0.3, 0.4) is 0 Å². The molecule has 0 saturated carbocycles. The molecule has 0 fully saturated rings. The predicted molar refractivity (Wildman–Crippen MR) is 120 cm³/mol. The lowest BCUT2D eigenvalue weighted by molar-refractivity contribution is -0.763. The highest BCUT2D eigenvalue weighted by molar-refractivity contribution is 7.99. The minimum absolute atomic E-state index is 0.0347. The number of benzene rings is 2. The first-order chi connectivity index (χ1) is 15.6. The van der Waals surface area contributed by atoms with Gasteiger partial charge in [-0.2, -0.15) is 0 Å². The summed E-state index contributed by atoms with van der Waals surface area (Å²) in [6, 6.07) is 13.0. The smallest absolute Gasteiger partial charge is 0.325 e. The van der Waals surface area contributed by atoms with E-state index < -0.39 is 6.17 Å². The van der Waals surface area contributed by atoms with Crippen molar-refractivity contribution in [1.82, 2.24) is 10.1 Å². The van der Waals surface area contributed by atoms with Gasteiger partial charge in [0.1, 0.15) is 0 Å². The molecule has 8 nitrogen and oxygen atoms in total. The first-order valence-electron chi connectivity index (χ1n) is 10.6. The molecule has 0 aliphatic carbocycles. The van der Waals surface area contributed by atoms with Gasteiger partial charge in [0.25, 0.3) is 6.17 Å². The van der Waals surface area contributed by atoms with E-state index in [1.807, 2.05) is 56.3 Å². The van der Waals surface area contributed by atoms with Crippen LogP contribution in [0.4, 0.5) is 5.69 Å². The minimum atomic E-state index is -0.632. The van der Waals surface area contributed by atoms with Crippen LogP contribution in [0.1, 0.15) is 38.4 Å². The molecule has 2 aliphatic heterocycles. The lowest BCUT2D eigenvalue weighted by Crippen LogP contribution is -2.60. The third-order valence-corrected chi connectivity index (χ3v) is 6.21. The van der Waals surface area contributed by atoms with E-state index in [0.29, 0.717) is 46.4 Å². The molecule has 3 aromatic rings. The number of amides is 1. The molecule has 0 saturated heterocycles. The molecule has 0 spiro atoms. The normalized spacial score (nSPS) is 15.9. The number of para-hydroxylation sites is 1. The van der Waals surface area contributed by atoms with Crippen LogP contribution in [0.5, 0.6) is 11.5 Å². The van der Waals surface area contributed by atoms with Crippen molar-refractivity contribution in [3.63, 3.8) is 0 Å². The van der Waals surface area contributed by atoms with Gasteiger partial charge in [-0.25, -0.2) is 4.90 Å². The molecular weight excluding hydrogens is 428 g/mol. The summed E-state index contributed by atoms with van der Waals surface area (Å²) in [5, 5.41) is 5.27. The maximum atomic E-state index is 13.4. The highest BCUT2D eigenvalue weighted by Crippen LogP contribution is 2.40. The van der Waals surface area contributed by atoms with E-state index in [4.69, 9.17) is 14.6 Å². The quantitative estimate of drug-likeness (QED) is 0.473. The summed E-state index contributed by atoms with van der Waals surface area (Å²) in [5.74, 6) is 1.99. The molecule has 164 valence electrons. The van der Waals surface area contributed by atoms with Crippen LogP contribution in [0.25, 0.3) is 11.3 Å². The Morgan fingerprint density at radius 3 is 2.84 bits per heavy atom. The molecule has 1 N–H and O–H groups in total. The number of aromatic nitrogens is 3. The molecule has 0 radical (unpaired) electrons. The topological polar surface area (TPSA) is 88.4 Å². The lowest BCUT2D eigenvalue weighted by atomic mass is 10.0. The molecule has 32 heavy (non-hydrogen) atoms. The molecular formula is C23H23N4O4S+. The maximum absolute atomic E-state index is 13.4. The summed E-state index contributed by atoms with van der Waals surface area (Å²) in [6.45, 7) is 4.13. The second-order valence-corrected chi connectivity index (χ2v) is 8.76. The Balaban J connectivity index is 1.79. The van der Waals surface area contributed by atoms with Gasteiger partial charge in [0.05, 0.1) is 11.3 Å².